The number of halogens is 1. The summed E-state index contributed by atoms with van der Waals surface area (Å²) in [6, 6.07) is 8.99. The van der Waals surface area contributed by atoms with E-state index in [1.807, 2.05) is 0 Å². The molecule has 0 radical (unpaired) electrons. The Hall–Kier alpha value is -3.44. The summed E-state index contributed by atoms with van der Waals surface area (Å²) >= 11 is 2.47. The Morgan fingerprint density at radius 3 is 2.76 bits per heavy atom. The Balaban J connectivity index is 1.45. The molecule has 2 amide bonds. The second kappa shape index (κ2) is 9.43. The van der Waals surface area contributed by atoms with E-state index in [0.717, 1.165) is 47.9 Å². The van der Waals surface area contributed by atoms with Crippen LogP contribution in [0, 0.1) is 5.82 Å². The van der Waals surface area contributed by atoms with Gasteiger partial charge in [-0.25, -0.2) is 9.37 Å². The van der Waals surface area contributed by atoms with Crippen molar-refractivity contribution in [1.29, 1.82) is 0 Å². The van der Waals surface area contributed by atoms with Gasteiger partial charge in [-0.05, 0) is 55.5 Å². The first kappa shape index (κ1) is 22.4. The maximum atomic E-state index is 14.7. The van der Waals surface area contributed by atoms with Crippen LogP contribution < -0.4 is 16.4 Å². The van der Waals surface area contributed by atoms with Gasteiger partial charge in [0, 0.05) is 4.88 Å². The van der Waals surface area contributed by atoms with E-state index in [1.165, 1.54) is 40.4 Å². The van der Waals surface area contributed by atoms with E-state index in [2.05, 4.69) is 15.8 Å². The predicted molar refractivity (Wildman–Crippen MR) is 127 cm³/mol. The minimum atomic E-state index is -0.602. The molecule has 0 fully saturated rings. The lowest BCUT2D eigenvalue weighted by atomic mass is 9.97. The van der Waals surface area contributed by atoms with E-state index in [0.29, 0.717) is 10.2 Å². The number of fused-ring (bicyclic) bond motifs is 3. The zero-order chi connectivity index (χ0) is 23.7. The first-order valence-electron chi connectivity index (χ1n) is 10.6. The fourth-order valence-electron chi connectivity index (χ4n) is 3.89. The zero-order valence-electron chi connectivity index (χ0n) is 17.8. The number of para-hydroxylation sites is 1. The van der Waals surface area contributed by atoms with E-state index in [-0.39, 0.29) is 27.9 Å². The molecular formula is C23H19FN4O4S2. The average Bonchev–Trinajstić information content (AvgIpc) is 3.50. The molecule has 11 heteroatoms. The lowest BCUT2D eigenvalue weighted by molar-refractivity contribution is -0.119. The summed E-state index contributed by atoms with van der Waals surface area (Å²) in [4.78, 5) is 44.3. The average molecular weight is 499 g/mol. The third-order valence-electron chi connectivity index (χ3n) is 5.44. The molecule has 174 valence electrons. The minimum Gasteiger partial charge on any atom is -0.459 e. The summed E-state index contributed by atoms with van der Waals surface area (Å²) < 4.78 is 20.9. The van der Waals surface area contributed by atoms with Crippen LogP contribution in [0.2, 0.25) is 0 Å². The normalized spacial score (nSPS) is 13.0. The molecule has 0 atom stereocenters. The van der Waals surface area contributed by atoms with Crippen LogP contribution >= 0.6 is 23.1 Å². The number of aryl methyl sites for hydroxylation is 2. The van der Waals surface area contributed by atoms with Gasteiger partial charge in [-0.15, -0.1) is 11.3 Å². The van der Waals surface area contributed by atoms with Crippen molar-refractivity contribution in [3.63, 3.8) is 0 Å². The maximum Gasteiger partial charge on any atom is 0.305 e. The number of thioether (sulfide) groups is 1. The molecule has 0 spiro atoms. The van der Waals surface area contributed by atoms with Crippen LogP contribution in [-0.2, 0) is 17.6 Å². The molecule has 0 bridgehead atoms. The van der Waals surface area contributed by atoms with Crippen molar-refractivity contribution in [2.24, 2.45) is 0 Å². The first-order chi connectivity index (χ1) is 16.5. The highest BCUT2D eigenvalue weighted by molar-refractivity contribution is 7.99. The van der Waals surface area contributed by atoms with Crippen molar-refractivity contribution in [2.45, 2.75) is 30.8 Å². The van der Waals surface area contributed by atoms with Crippen LogP contribution in [0.4, 0.5) is 4.39 Å². The molecular weight excluding hydrogens is 479 g/mol. The van der Waals surface area contributed by atoms with E-state index in [9.17, 15) is 18.8 Å². The predicted octanol–water partition coefficient (Wildman–Crippen LogP) is 3.61. The fourth-order valence-corrected chi connectivity index (χ4v) is 6.00. The largest absolute Gasteiger partial charge is 0.459 e. The summed E-state index contributed by atoms with van der Waals surface area (Å²) in [5.41, 5.74) is 5.29. The molecule has 1 aliphatic carbocycles. The monoisotopic (exact) mass is 498 g/mol. The summed E-state index contributed by atoms with van der Waals surface area (Å²) in [5, 5.41) is 0.733. The number of hydrogen-bond donors (Lipinski definition) is 2. The Labute approximate surface area is 201 Å². The van der Waals surface area contributed by atoms with Gasteiger partial charge in [0.25, 0.3) is 5.56 Å². The first-order valence-corrected chi connectivity index (χ1v) is 12.4. The van der Waals surface area contributed by atoms with Gasteiger partial charge < -0.3 is 4.42 Å². The van der Waals surface area contributed by atoms with Crippen LogP contribution in [-0.4, -0.2) is 27.1 Å². The topological polar surface area (TPSA) is 106 Å². The van der Waals surface area contributed by atoms with E-state index >= 15 is 0 Å². The summed E-state index contributed by atoms with van der Waals surface area (Å²) in [6.45, 7) is 0. The molecule has 1 aliphatic rings. The molecule has 34 heavy (non-hydrogen) atoms. The second-order valence-electron chi connectivity index (χ2n) is 7.65. The lowest BCUT2D eigenvalue weighted by Gasteiger charge is -2.14. The number of amides is 2. The molecule has 2 N–H and O–H groups in total. The van der Waals surface area contributed by atoms with Crippen LogP contribution in [0.1, 0.15) is 33.8 Å². The molecule has 5 rings (SSSR count). The highest BCUT2D eigenvalue weighted by atomic mass is 32.2. The second-order valence-corrected chi connectivity index (χ2v) is 9.67. The van der Waals surface area contributed by atoms with E-state index in [4.69, 9.17) is 4.42 Å². The Morgan fingerprint density at radius 1 is 1.15 bits per heavy atom. The van der Waals surface area contributed by atoms with Gasteiger partial charge in [0.05, 0.1) is 23.1 Å². The van der Waals surface area contributed by atoms with E-state index < -0.39 is 17.6 Å². The third-order valence-corrected chi connectivity index (χ3v) is 7.57. The highest BCUT2D eigenvalue weighted by Gasteiger charge is 2.24. The SMILES string of the molecule is O=C(CSc1nc2sc3c(c2c(=O)n1-c1ccccc1F)CCCC3)NNC(=O)c1ccco1. The van der Waals surface area contributed by atoms with Gasteiger partial charge in [-0.3, -0.25) is 29.8 Å². The standard InChI is InChI=1S/C23H19FN4O4S2/c24-14-7-2-3-8-15(14)28-22(31)19-13-6-1-4-10-17(13)34-21(19)25-23(28)33-12-18(29)26-27-20(30)16-9-5-11-32-16/h2-3,5,7-9,11H,1,4,6,10,12H2,(H,26,29)(H,27,30). The molecule has 8 nitrogen and oxygen atoms in total. The van der Waals surface area contributed by atoms with Crippen molar-refractivity contribution in [3.8, 4) is 5.69 Å². The maximum absolute atomic E-state index is 14.7. The van der Waals surface area contributed by atoms with Crippen LogP contribution in [0.25, 0.3) is 15.9 Å². The number of carbonyl (C=O) groups excluding carboxylic acids is 2. The number of hydrogen-bond acceptors (Lipinski definition) is 7. The molecule has 1 aromatic carbocycles. The number of benzene rings is 1. The summed E-state index contributed by atoms with van der Waals surface area (Å²) in [7, 11) is 0. The van der Waals surface area contributed by atoms with Crippen LogP contribution in [0.15, 0.2) is 57.0 Å². The molecule has 0 saturated carbocycles. The fraction of sp³-hybridized carbons (Fsp3) is 0.217. The minimum absolute atomic E-state index is 0.0510. The highest BCUT2D eigenvalue weighted by Crippen LogP contribution is 2.35. The number of furan rings is 1. The van der Waals surface area contributed by atoms with Gasteiger partial charge in [-0.2, -0.15) is 0 Å². The summed E-state index contributed by atoms with van der Waals surface area (Å²) in [6.07, 6.45) is 5.10. The Kier molecular flexibility index (Phi) is 6.20. The quantitative estimate of drug-likeness (QED) is 0.247. The lowest BCUT2D eigenvalue weighted by Crippen LogP contribution is -2.42. The Morgan fingerprint density at radius 2 is 1.97 bits per heavy atom. The molecule has 4 aromatic rings. The van der Waals surface area contributed by atoms with Crippen molar-refractivity contribution < 1.29 is 18.4 Å². The van der Waals surface area contributed by atoms with E-state index in [1.54, 1.807) is 18.2 Å². The number of aromatic nitrogens is 2. The van der Waals surface area contributed by atoms with Crippen molar-refractivity contribution in [2.75, 3.05) is 5.75 Å². The number of hydrazine groups is 1. The van der Waals surface area contributed by atoms with Crippen molar-refractivity contribution in [1.82, 2.24) is 20.4 Å². The van der Waals surface area contributed by atoms with Crippen molar-refractivity contribution in [3.05, 3.63) is 75.0 Å². The zero-order valence-corrected chi connectivity index (χ0v) is 19.4. The van der Waals surface area contributed by atoms with Gasteiger partial charge in [0.1, 0.15) is 10.6 Å². The van der Waals surface area contributed by atoms with Gasteiger partial charge in [-0.1, -0.05) is 23.9 Å². The summed E-state index contributed by atoms with van der Waals surface area (Å²) in [5.74, 6) is -1.79. The molecule has 3 aromatic heterocycles. The van der Waals surface area contributed by atoms with Crippen molar-refractivity contribution >= 4 is 45.1 Å². The number of rotatable bonds is 5. The number of nitrogens with one attached hydrogen (secondary N) is 2. The van der Waals surface area contributed by atoms with Gasteiger partial charge >= 0.3 is 5.91 Å². The smallest absolute Gasteiger partial charge is 0.305 e. The van der Waals surface area contributed by atoms with Gasteiger partial charge in [0.2, 0.25) is 5.91 Å². The van der Waals surface area contributed by atoms with Gasteiger partial charge in [0.15, 0.2) is 10.9 Å². The van der Waals surface area contributed by atoms with Crippen LogP contribution in [0.3, 0.4) is 0 Å². The molecule has 0 unspecified atom stereocenters. The van der Waals surface area contributed by atoms with Crippen LogP contribution in [0.5, 0.6) is 0 Å². The number of thiophene rings is 1. The molecule has 0 aliphatic heterocycles. The number of nitrogens with zero attached hydrogens (tertiary/aromatic N) is 2. The Bertz CT molecular complexity index is 1450. The number of carbonyl (C=O) groups is 2. The molecule has 3 heterocycles. The third kappa shape index (κ3) is 4.24. The molecule has 0 saturated heterocycles.